The summed E-state index contributed by atoms with van der Waals surface area (Å²) in [5, 5.41) is 21.4. The van der Waals surface area contributed by atoms with Crippen LogP contribution in [-0.4, -0.2) is 25.8 Å². The van der Waals surface area contributed by atoms with Crippen LogP contribution >= 0.6 is 0 Å². The molecule has 1 N–H and O–H groups in total. The number of anilines is 1. The summed E-state index contributed by atoms with van der Waals surface area (Å²) in [7, 11) is 0. The summed E-state index contributed by atoms with van der Waals surface area (Å²) >= 11 is 0. The molecule has 0 radical (unpaired) electrons. The lowest BCUT2D eigenvalue weighted by Crippen LogP contribution is -2.13. The van der Waals surface area contributed by atoms with Crippen molar-refractivity contribution in [3.8, 4) is 5.69 Å². The first-order valence-electron chi connectivity index (χ1n) is 6.67. The number of nitrogens with one attached hydrogen (secondary N) is 1. The molecule has 1 aromatic heterocycles. The quantitative estimate of drug-likeness (QED) is 0.589. The van der Waals surface area contributed by atoms with Crippen molar-refractivity contribution < 1.29 is 9.72 Å². The van der Waals surface area contributed by atoms with Crippen LogP contribution in [0.1, 0.15) is 10.5 Å². The Balaban J connectivity index is 1.78. The van der Waals surface area contributed by atoms with Gasteiger partial charge in [0.1, 0.15) is 0 Å². The molecule has 0 saturated heterocycles. The Morgan fingerprint density at radius 3 is 2.65 bits per heavy atom. The number of nitrogens with zero attached hydrogens (tertiary/aromatic N) is 4. The molecule has 1 amide bonds. The summed E-state index contributed by atoms with van der Waals surface area (Å²) in [4.78, 5) is 23.7. The first-order chi connectivity index (χ1) is 11.1. The summed E-state index contributed by atoms with van der Waals surface area (Å²) < 4.78 is 0. The maximum absolute atomic E-state index is 12.1. The van der Waals surface area contributed by atoms with Crippen molar-refractivity contribution in [2.75, 3.05) is 5.32 Å². The SMILES string of the molecule is O=C(Nc1cccc([N+](=O)[O-])c1)c1cnn(-c2ccccc2)n1. The van der Waals surface area contributed by atoms with E-state index in [-0.39, 0.29) is 11.4 Å². The summed E-state index contributed by atoms with van der Waals surface area (Å²) in [6.45, 7) is 0. The molecule has 0 unspecified atom stereocenters. The summed E-state index contributed by atoms with van der Waals surface area (Å²) in [6, 6.07) is 14.8. The van der Waals surface area contributed by atoms with E-state index in [4.69, 9.17) is 0 Å². The van der Waals surface area contributed by atoms with E-state index in [1.165, 1.54) is 29.2 Å². The van der Waals surface area contributed by atoms with E-state index >= 15 is 0 Å². The maximum atomic E-state index is 12.1. The third-order valence-corrected chi connectivity index (χ3v) is 3.03. The summed E-state index contributed by atoms with van der Waals surface area (Å²) in [5.74, 6) is -0.493. The van der Waals surface area contributed by atoms with Gasteiger partial charge in [-0.15, -0.1) is 5.10 Å². The molecule has 0 aliphatic carbocycles. The number of nitro groups is 1. The Morgan fingerprint density at radius 1 is 1.13 bits per heavy atom. The van der Waals surface area contributed by atoms with E-state index in [1.54, 1.807) is 6.07 Å². The number of benzene rings is 2. The van der Waals surface area contributed by atoms with Gasteiger partial charge in [0, 0.05) is 17.8 Å². The van der Waals surface area contributed by atoms with Crippen molar-refractivity contribution in [3.05, 3.63) is 76.6 Å². The van der Waals surface area contributed by atoms with Crippen LogP contribution < -0.4 is 5.32 Å². The topological polar surface area (TPSA) is 103 Å². The van der Waals surface area contributed by atoms with Crippen molar-refractivity contribution in [2.24, 2.45) is 0 Å². The molecule has 0 fully saturated rings. The van der Waals surface area contributed by atoms with Gasteiger partial charge >= 0.3 is 0 Å². The zero-order valence-electron chi connectivity index (χ0n) is 11.8. The predicted octanol–water partition coefficient (Wildman–Crippen LogP) is 2.43. The van der Waals surface area contributed by atoms with Crippen LogP contribution in [0.3, 0.4) is 0 Å². The lowest BCUT2D eigenvalue weighted by atomic mass is 10.2. The Morgan fingerprint density at radius 2 is 1.91 bits per heavy atom. The average Bonchev–Trinajstić information content (AvgIpc) is 3.06. The molecule has 0 atom stereocenters. The minimum atomic E-state index is -0.526. The van der Waals surface area contributed by atoms with Crippen molar-refractivity contribution >= 4 is 17.3 Å². The molecule has 0 aliphatic heterocycles. The van der Waals surface area contributed by atoms with Crippen LogP contribution in [0.25, 0.3) is 5.69 Å². The molecule has 3 aromatic rings. The largest absolute Gasteiger partial charge is 0.320 e. The Kier molecular flexibility index (Phi) is 3.79. The van der Waals surface area contributed by atoms with Gasteiger partial charge in [0.25, 0.3) is 11.6 Å². The number of carbonyl (C=O) groups excluding carboxylic acids is 1. The third-order valence-electron chi connectivity index (χ3n) is 3.03. The number of carbonyl (C=O) groups is 1. The molecule has 0 spiro atoms. The number of rotatable bonds is 4. The molecular weight excluding hydrogens is 298 g/mol. The molecule has 3 rings (SSSR count). The van der Waals surface area contributed by atoms with Crippen LogP contribution in [0.15, 0.2) is 60.8 Å². The van der Waals surface area contributed by atoms with Gasteiger partial charge in [-0.05, 0) is 18.2 Å². The van der Waals surface area contributed by atoms with Gasteiger partial charge in [0.05, 0.1) is 16.8 Å². The first kappa shape index (κ1) is 14.4. The number of para-hydroxylation sites is 1. The summed E-state index contributed by atoms with van der Waals surface area (Å²) in [6.07, 6.45) is 1.33. The van der Waals surface area contributed by atoms with Crippen molar-refractivity contribution in [3.63, 3.8) is 0 Å². The Hall–Kier alpha value is -3.55. The smallest absolute Gasteiger partial charge is 0.277 e. The normalized spacial score (nSPS) is 10.3. The van der Waals surface area contributed by atoms with Gasteiger partial charge < -0.3 is 5.32 Å². The molecule has 8 nitrogen and oxygen atoms in total. The van der Waals surface area contributed by atoms with E-state index in [0.717, 1.165) is 5.69 Å². The number of non-ortho nitro benzene ring substituents is 1. The second kappa shape index (κ2) is 6.06. The number of amides is 1. The van der Waals surface area contributed by atoms with Crippen LogP contribution in [-0.2, 0) is 0 Å². The van der Waals surface area contributed by atoms with Crippen LogP contribution in [0, 0.1) is 10.1 Å². The highest BCUT2D eigenvalue weighted by molar-refractivity contribution is 6.02. The second-order valence-corrected chi connectivity index (χ2v) is 4.62. The van der Waals surface area contributed by atoms with E-state index in [0.29, 0.717) is 5.69 Å². The highest BCUT2D eigenvalue weighted by atomic mass is 16.6. The number of nitro benzene ring substituents is 1. The highest BCUT2D eigenvalue weighted by Crippen LogP contribution is 2.17. The van der Waals surface area contributed by atoms with Gasteiger partial charge in [-0.1, -0.05) is 24.3 Å². The zero-order chi connectivity index (χ0) is 16.2. The molecule has 0 bridgehead atoms. The maximum Gasteiger partial charge on any atom is 0.277 e. The van der Waals surface area contributed by atoms with Gasteiger partial charge in [0.2, 0.25) is 0 Å². The van der Waals surface area contributed by atoms with Crippen LogP contribution in [0.4, 0.5) is 11.4 Å². The zero-order valence-corrected chi connectivity index (χ0v) is 11.8. The fourth-order valence-electron chi connectivity index (χ4n) is 1.95. The van der Waals surface area contributed by atoms with Crippen LogP contribution in [0.2, 0.25) is 0 Å². The Labute approximate surface area is 130 Å². The molecular formula is C15H11N5O3. The van der Waals surface area contributed by atoms with Gasteiger partial charge in [0.15, 0.2) is 5.69 Å². The molecule has 114 valence electrons. The number of aromatic nitrogens is 3. The lowest BCUT2D eigenvalue weighted by Gasteiger charge is -2.02. The minimum Gasteiger partial charge on any atom is -0.320 e. The number of hydrogen-bond acceptors (Lipinski definition) is 5. The minimum absolute atomic E-state index is 0.101. The molecule has 0 aliphatic rings. The second-order valence-electron chi connectivity index (χ2n) is 4.62. The number of hydrogen-bond donors (Lipinski definition) is 1. The molecule has 23 heavy (non-hydrogen) atoms. The van der Waals surface area contributed by atoms with E-state index < -0.39 is 10.8 Å². The molecule has 0 saturated carbocycles. The van der Waals surface area contributed by atoms with E-state index in [9.17, 15) is 14.9 Å². The first-order valence-corrected chi connectivity index (χ1v) is 6.67. The molecule has 8 heteroatoms. The molecule has 2 aromatic carbocycles. The van der Waals surface area contributed by atoms with Crippen molar-refractivity contribution in [1.29, 1.82) is 0 Å². The highest BCUT2D eigenvalue weighted by Gasteiger charge is 2.13. The fourth-order valence-corrected chi connectivity index (χ4v) is 1.95. The Bertz CT molecular complexity index is 860. The monoisotopic (exact) mass is 309 g/mol. The van der Waals surface area contributed by atoms with E-state index in [2.05, 4.69) is 15.5 Å². The standard InChI is InChI=1S/C15H11N5O3/c21-15(17-11-5-4-8-13(9-11)20(22)23)14-10-16-19(18-14)12-6-2-1-3-7-12/h1-10H,(H,17,21). The predicted molar refractivity (Wildman–Crippen MR) is 82.4 cm³/mol. The summed E-state index contributed by atoms with van der Waals surface area (Å²) in [5.41, 5.74) is 1.05. The lowest BCUT2D eigenvalue weighted by molar-refractivity contribution is -0.384. The fraction of sp³-hybridized carbons (Fsp3) is 0. The van der Waals surface area contributed by atoms with E-state index in [1.807, 2.05) is 30.3 Å². The van der Waals surface area contributed by atoms with Crippen molar-refractivity contribution in [1.82, 2.24) is 15.0 Å². The van der Waals surface area contributed by atoms with Crippen LogP contribution in [0.5, 0.6) is 0 Å². The third kappa shape index (κ3) is 3.21. The average molecular weight is 309 g/mol. The van der Waals surface area contributed by atoms with Gasteiger partial charge in [-0.25, -0.2) is 0 Å². The van der Waals surface area contributed by atoms with Gasteiger partial charge in [-0.3, -0.25) is 14.9 Å². The van der Waals surface area contributed by atoms with Crippen molar-refractivity contribution in [2.45, 2.75) is 0 Å². The molecule has 1 heterocycles. The van der Waals surface area contributed by atoms with Gasteiger partial charge in [-0.2, -0.15) is 9.90 Å².